The first-order valence-electron chi connectivity index (χ1n) is 10.8. The van der Waals surface area contributed by atoms with Gasteiger partial charge in [0.1, 0.15) is 12.1 Å². The van der Waals surface area contributed by atoms with E-state index in [4.69, 9.17) is 24.6 Å². The predicted octanol–water partition coefficient (Wildman–Crippen LogP) is 5.08. The van der Waals surface area contributed by atoms with Crippen LogP contribution in [0.15, 0.2) is 71.1 Å². The molecule has 3 aromatic carbocycles. The Hall–Kier alpha value is -3.51. The molecule has 0 aliphatic rings. The van der Waals surface area contributed by atoms with Gasteiger partial charge in [0.25, 0.3) is 6.01 Å². The van der Waals surface area contributed by atoms with E-state index in [1.54, 1.807) is 7.11 Å². The van der Waals surface area contributed by atoms with Gasteiger partial charge < -0.3 is 24.5 Å². The Morgan fingerprint density at radius 1 is 0.969 bits per heavy atom. The summed E-state index contributed by atoms with van der Waals surface area (Å²) in [6, 6.07) is 22.7. The van der Waals surface area contributed by atoms with Crippen LogP contribution in [0.25, 0.3) is 11.1 Å². The first kappa shape index (κ1) is 21.7. The van der Waals surface area contributed by atoms with E-state index in [9.17, 15) is 0 Å². The van der Waals surface area contributed by atoms with E-state index in [0.717, 1.165) is 40.8 Å². The van der Waals surface area contributed by atoms with Crippen LogP contribution in [-0.4, -0.2) is 25.2 Å². The normalized spacial score (nSPS) is 11.0. The van der Waals surface area contributed by atoms with Gasteiger partial charge in [-0.15, -0.1) is 0 Å². The van der Waals surface area contributed by atoms with Gasteiger partial charge in [-0.1, -0.05) is 42.5 Å². The van der Waals surface area contributed by atoms with Crippen LogP contribution in [0.5, 0.6) is 11.5 Å². The van der Waals surface area contributed by atoms with E-state index in [0.29, 0.717) is 37.2 Å². The van der Waals surface area contributed by atoms with Crippen LogP contribution in [0.4, 0.5) is 6.01 Å². The smallest absolute Gasteiger partial charge is 0.298 e. The summed E-state index contributed by atoms with van der Waals surface area (Å²) in [7, 11) is 1.66. The van der Waals surface area contributed by atoms with Crippen LogP contribution in [0.1, 0.15) is 23.1 Å². The molecule has 6 nitrogen and oxygen atoms in total. The van der Waals surface area contributed by atoms with Crippen LogP contribution in [0, 0.1) is 6.92 Å². The number of oxazole rings is 1. The lowest BCUT2D eigenvalue weighted by Gasteiger charge is -2.21. The molecule has 6 heteroatoms. The monoisotopic (exact) mass is 431 g/mol. The van der Waals surface area contributed by atoms with Crippen LogP contribution in [-0.2, 0) is 13.2 Å². The standard InChI is InChI=1S/C26H29N3O3/c1-19-9-11-23-22(15-19)28-26(32-23)29(14-6-13-27)17-21-10-12-24(25(16-21)30-2)31-18-20-7-4-3-5-8-20/h3-5,7-12,15-16H,6,13-14,17-18,27H2,1-2H3. The number of anilines is 1. The number of benzene rings is 3. The van der Waals surface area contributed by atoms with E-state index < -0.39 is 0 Å². The molecule has 0 fully saturated rings. The van der Waals surface area contributed by atoms with Crippen molar-refractivity contribution >= 4 is 17.1 Å². The molecule has 32 heavy (non-hydrogen) atoms. The van der Waals surface area contributed by atoms with Gasteiger partial charge in [0, 0.05) is 13.1 Å². The summed E-state index contributed by atoms with van der Waals surface area (Å²) in [6.45, 7) is 4.51. The number of nitrogens with zero attached hydrogens (tertiary/aromatic N) is 2. The van der Waals surface area contributed by atoms with Gasteiger partial charge in [-0.25, -0.2) is 0 Å². The molecule has 2 N–H and O–H groups in total. The molecule has 0 unspecified atom stereocenters. The fourth-order valence-corrected chi connectivity index (χ4v) is 3.57. The first-order valence-corrected chi connectivity index (χ1v) is 10.8. The molecular formula is C26H29N3O3. The highest BCUT2D eigenvalue weighted by Gasteiger charge is 2.16. The minimum atomic E-state index is 0.488. The average Bonchev–Trinajstić information content (AvgIpc) is 3.24. The van der Waals surface area contributed by atoms with E-state index in [-0.39, 0.29) is 0 Å². The van der Waals surface area contributed by atoms with Gasteiger partial charge in [-0.2, -0.15) is 4.98 Å². The maximum Gasteiger partial charge on any atom is 0.298 e. The summed E-state index contributed by atoms with van der Waals surface area (Å²) < 4.78 is 17.6. The Morgan fingerprint density at radius 2 is 1.81 bits per heavy atom. The molecule has 0 amide bonds. The highest BCUT2D eigenvalue weighted by Crippen LogP contribution is 2.31. The van der Waals surface area contributed by atoms with Gasteiger partial charge in [-0.05, 0) is 60.8 Å². The predicted molar refractivity (Wildman–Crippen MR) is 127 cm³/mol. The molecule has 166 valence electrons. The number of methoxy groups -OCH3 is 1. The maximum absolute atomic E-state index is 6.04. The highest BCUT2D eigenvalue weighted by molar-refractivity contribution is 5.75. The second-order valence-corrected chi connectivity index (χ2v) is 7.79. The molecule has 0 saturated heterocycles. The Balaban J connectivity index is 1.53. The molecule has 0 saturated carbocycles. The lowest BCUT2D eigenvalue weighted by atomic mass is 10.2. The average molecular weight is 432 g/mol. The van der Waals surface area contributed by atoms with Crippen molar-refractivity contribution in [1.29, 1.82) is 0 Å². The first-order chi connectivity index (χ1) is 15.7. The summed E-state index contributed by atoms with van der Waals surface area (Å²) in [6.07, 6.45) is 0.840. The number of nitrogens with two attached hydrogens (primary N) is 1. The minimum Gasteiger partial charge on any atom is -0.493 e. The number of fused-ring (bicyclic) bond motifs is 1. The van der Waals surface area contributed by atoms with E-state index in [1.165, 1.54) is 0 Å². The highest BCUT2D eigenvalue weighted by atomic mass is 16.5. The molecular weight excluding hydrogens is 402 g/mol. The van der Waals surface area contributed by atoms with Crippen molar-refractivity contribution in [3.8, 4) is 11.5 Å². The summed E-state index contributed by atoms with van der Waals surface area (Å²) in [5.41, 5.74) is 10.8. The summed E-state index contributed by atoms with van der Waals surface area (Å²) in [5.74, 6) is 1.41. The van der Waals surface area contributed by atoms with E-state index >= 15 is 0 Å². The molecule has 0 aliphatic carbocycles. The molecule has 1 aromatic heterocycles. The van der Waals surface area contributed by atoms with Gasteiger partial charge in [-0.3, -0.25) is 0 Å². The molecule has 0 atom stereocenters. The third-order valence-corrected chi connectivity index (χ3v) is 5.27. The molecule has 0 aliphatic heterocycles. The van der Waals surface area contributed by atoms with Crippen molar-refractivity contribution in [2.75, 3.05) is 25.1 Å². The zero-order valence-electron chi connectivity index (χ0n) is 18.6. The lowest BCUT2D eigenvalue weighted by Crippen LogP contribution is -2.26. The molecule has 0 radical (unpaired) electrons. The largest absolute Gasteiger partial charge is 0.493 e. The fourth-order valence-electron chi connectivity index (χ4n) is 3.57. The quantitative estimate of drug-likeness (QED) is 0.377. The number of aryl methyl sites for hydroxylation is 1. The zero-order valence-corrected chi connectivity index (χ0v) is 18.6. The molecule has 1 heterocycles. The van der Waals surface area contributed by atoms with Gasteiger partial charge in [0.15, 0.2) is 17.1 Å². The Bertz CT molecular complexity index is 1160. The summed E-state index contributed by atoms with van der Waals surface area (Å²) in [5, 5.41) is 0. The van der Waals surface area contributed by atoms with Gasteiger partial charge in [0.2, 0.25) is 0 Å². The van der Waals surface area contributed by atoms with Crippen LogP contribution in [0.3, 0.4) is 0 Å². The van der Waals surface area contributed by atoms with E-state index in [1.807, 2.05) is 73.7 Å². The number of aromatic nitrogens is 1. The number of hydrogen-bond donors (Lipinski definition) is 1. The van der Waals surface area contributed by atoms with Crippen molar-refractivity contribution in [2.45, 2.75) is 26.5 Å². The molecule has 4 rings (SSSR count). The van der Waals surface area contributed by atoms with Gasteiger partial charge >= 0.3 is 0 Å². The van der Waals surface area contributed by atoms with Crippen molar-refractivity contribution in [3.63, 3.8) is 0 Å². The summed E-state index contributed by atoms with van der Waals surface area (Å²) in [4.78, 5) is 6.82. The van der Waals surface area contributed by atoms with Crippen molar-refractivity contribution in [2.24, 2.45) is 5.73 Å². The van der Waals surface area contributed by atoms with Crippen LogP contribution in [0.2, 0.25) is 0 Å². The summed E-state index contributed by atoms with van der Waals surface area (Å²) >= 11 is 0. The van der Waals surface area contributed by atoms with Crippen molar-refractivity contribution in [3.05, 3.63) is 83.4 Å². The number of hydrogen-bond acceptors (Lipinski definition) is 6. The van der Waals surface area contributed by atoms with Crippen LogP contribution < -0.4 is 20.1 Å². The zero-order chi connectivity index (χ0) is 22.3. The molecule has 0 spiro atoms. The SMILES string of the molecule is COc1cc(CN(CCCN)c2nc3cc(C)ccc3o2)ccc1OCc1ccccc1. The van der Waals surface area contributed by atoms with Gasteiger partial charge in [0.05, 0.1) is 7.11 Å². The second kappa shape index (κ2) is 10.2. The second-order valence-electron chi connectivity index (χ2n) is 7.79. The van der Waals surface area contributed by atoms with Crippen LogP contribution >= 0.6 is 0 Å². The maximum atomic E-state index is 6.04. The Kier molecular flexibility index (Phi) is 6.92. The number of rotatable bonds is 10. The molecule has 0 bridgehead atoms. The fraction of sp³-hybridized carbons (Fsp3) is 0.269. The third kappa shape index (κ3) is 5.21. The van der Waals surface area contributed by atoms with Crippen molar-refractivity contribution < 1.29 is 13.9 Å². The topological polar surface area (TPSA) is 73.8 Å². The Morgan fingerprint density at radius 3 is 2.59 bits per heavy atom. The lowest BCUT2D eigenvalue weighted by molar-refractivity contribution is 0.284. The Labute approximate surface area is 188 Å². The third-order valence-electron chi connectivity index (χ3n) is 5.27. The number of ether oxygens (including phenoxy) is 2. The van der Waals surface area contributed by atoms with Crippen molar-refractivity contribution in [1.82, 2.24) is 4.98 Å². The van der Waals surface area contributed by atoms with E-state index in [2.05, 4.69) is 4.90 Å². The molecule has 4 aromatic rings. The minimum absolute atomic E-state index is 0.488.